The molecule has 122 valence electrons. The third-order valence-electron chi connectivity index (χ3n) is 4.37. The van der Waals surface area contributed by atoms with Gasteiger partial charge >= 0.3 is 0 Å². The Morgan fingerprint density at radius 3 is 2.73 bits per heavy atom. The van der Waals surface area contributed by atoms with Crippen LogP contribution in [0.5, 0.6) is 5.75 Å². The quantitative estimate of drug-likeness (QED) is 0.910. The van der Waals surface area contributed by atoms with E-state index in [0.717, 1.165) is 36.4 Å². The largest absolute Gasteiger partial charge is 0.481 e. The smallest absolute Gasteiger partial charge is 0.263 e. The van der Waals surface area contributed by atoms with Crippen molar-refractivity contribution in [2.75, 3.05) is 19.6 Å². The maximum absolute atomic E-state index is 12.5. The number of rotatable bonds is 5. The lowest BCUT2D eigenvalue weighted by atomic mass is 10.0. The van der Waals surface area contributed by atoms with Gasteiger partial charge in [0.25, 0.3) is 5.91 Å². The molecule has 4 nitrogen and oxygen atoms in total. The number of hydrogen-bond acceptors (Lipinski definition) is 3. The minimum absolute atomic E-state index is 0.0622. The minimum Gasteiger partial charge on any atom is -0.481 e. The molecule has 2 atom stereocenters. The first-order chi connectivity index (χ1) is 10.4. The van der Waals surface area contributed by atoms with Gasteiger partial charge in [0.05, 0.1) is 0 Å². The van der Waals surface area contributed by atoms with Crippen molar-refractivity contribution in [3.8, 4) is 5.75 Å². The Balaban J connectivity index is 2.07. The van der Waals surface area contributed by atoms with Gasteiger partial charge in [0.1, 0.15) is 5.75 Å². The SMILES string of the molecule is Cc1ccc(C(C)C)c(O[C@H](C)C(=O)N2CC[C@@H](CN)C2)c1. The number of nitrogens with zero attached hydrogens (tertiary/aromatic N) is 1. The molecule has 4 heteroatoms. The number of nitrogens with two attached hydrogens (primary N) is 1. The summed E-state index contributed by atoms with van der Waals surface area (Å²) in [6.07, 6.45) is 0.534. The molecule has 0 unspecified atom stereocenters. The van der Waals surface area contributed by atoms with E-state index < -0.39 is 6.10 Å². The Hall–Kier alpha value is -1.55. The summed E-state index contributed by atoms with van der Waals surface area (Å²) >= 11 is 0. The molecule has 1 amide bonds. The second-order valence-corrected chi connectivity index (χ2v) is 6.63. The normalized spacial score (nSPS) is 19.5. The van der Waals surface area contributed by atoms with Gasteiger partial charge in [0.15, 0.2) is 6.10 Å². The number of amides is 1. The molecule has 0 radical (unpaired) electrons. The summed E-state index contributed by atoms with van der Waals surface area (Å²) < 4.78 is 6.01. The third-order valence-corrected chi connectivity index (χ3v) is 4.37. The van der Waals surface area contributed by atoms with Gasteiger partial charge in [0.2, 0.25) is 0 Å². The van der Waals surface area contributed by atoms with Crippen molar-refractivity contribution in [3.05, 3.63) is 29.3 Å². The molecule has 1 aromatic rings. The highest BCUT2D eigenvalue weighted by Crippen LogP contribution is 2.29. The maximum Gasteiger partial charge on any atom is 0.263 e. The van der Waals surface area contributed by atoms with Crippen molar-refractivity contribution in [2.24, 2.45) is 11.7 Å². The van der Waals surface area contributed by atoms with Gasteiger partial charge in [0, 0.05) is 13.1 Å². The number of ether oxygens (including phenoxy) is 1. The summed E-state index contributed by atoms with van der Waals surface area (Å²) in [6, 6.07) is 6.19. The van der Waals surface area contributed by atoms with Crippen LogP contribution in [0.25, 0.3) is 0 Å². The van der Waals surface area contributed by atoms with Crippen LogP contribution in [0.3, 0.4) is 0 Å². The van der Waals surface area contributed by atoms with Crippen molar-refractivity contribution in [2.45, 2.75) is 46.1 Å². The molecule has 1 heterocycles. The Labute approximate surface area is 133 Å². The fourth-order valence-corrected chi connectivity index (χ4v) is 2.94. The summed E-state index contributed by atoms with van der Waals surface area (Å²) in [5, 5.41) is 0. The van der Waals surface area contributed by atoms with Crippen molar-refractivity contribution in [1.82, 2.24) is 4.90 Å². The predicted octanol–water partition coefficient (Wildman–Crippen LogP) is 2.69. The maximum atomic E-state index is 12.5. The van der Waals surface area contributed by atoms with E-state index in [9.17, 15) is 4.79 Å². The average molecular weight is 304 g/mol. The van der Waals surface area contributed by atoms with E-state index in [1.54, 1.807) is 0 Å². The summed E-state index contributed by atoms with van der Waals surface area (Å²) in [5.74, 6) is 1.69. The van der Waals surface area contributed by atoms with E-state index in [4.69, 9.17) is 10.5 Å². The molecule has 1 aromatic carbocycles. The Morgan fingerprint density at radius 1 is 1.41 bits per heavy atom. The van der Waals surface area contributed by atoms with Crippen LogP contribution in [0.15, 0.2) is 18.2 Å². The molecular formula is C18H28N2O2. The van der Waals surface area contributed by atoms with Gasteiger partial charge in [-0.3, -0.25) is 4.79 Å². The minimum atomic E-state index is -0.462. The van der Waals surface area contributed by atoms with E-state index in [2.05, 4.69) is 26.0 Å². The van der Waals surface area contributed by atoms with E-state index in [-0.39, 0.29) is 5.91 Å². The first kappa shape index (κ1) is 16.8. The lowest BCUT2D eigenvalue weighted by molar-refractivity contribution is -0.137. The Kier molecular flexibility index (Phi) is 5.46. The van der Waals surface area contributed by atoms with Crippen LogP contribution in [0, 0.1) is 12.8 Å². The fourth-order valence-electron chi connectivity index (χ4n) is 2.94. The number of hydrogen-bond donors (Lipinski definition) is 1. The molecule has 1 fully saturated rings. The van der Waals surface area contributed by atoms with Crippen molar-refractivity contribution < 1.29 is 9.53 Å². The number of carbonyl (C=O) groups excluding carboxylic acids is 1. The van der Waals surface area contributed by atoms with Gasteiger partial charge < -0.3 is 15.4 Å². The third kappa shape index (κ3) is 3.80. The molecule has 0 aromatic heterocycles. The molecule has 2 rings (SSSR count). The first-order valence-corrected chi connectivity index (χ1v) is 8.18. The van der Waals surface area contributed by atoms with Crippen LogP contribution in [-0.4, -0.2) is 36.5 Å². The Bertz CT molecular complexity index is 528. The predicted molar refractivity (Wildman–Crippen MR) is 89.1 cm³/mol. The molecule has 0 saturated carbocycles. The van der Waals surface area contributed by atoms with Gasteiger partial charge in [-0.05, 0) is 55.8 Å². The van der Waals surface area contributed by atoms with Crippen molar-refractivity contribution in [1.29, 1.82) is 0 Å². The summed E-state index contributed by atoms with van der Waals surface area (Å²) in [7, 11) is 0. The van der Waals surface area contributed by atoms with E-state index >= 15 is 0 Å². The zero-order chi connectivity index (χ0) is 16.3. The molecule has 0 bridgehead atoms. The van der Waals surface area contributed by atoms with Crippen LogP contribution in [0.1, 0.15) is 44.2 Å². The number of likely N-dealkylation sites (tertiary alicyclic amines) is 1. The van der Waals surface area contributed by atoms with Gasteiger partial charge in [-0.25, -0.2) is 0 Å². The lowest BCUT2D eigenvalue weighted by Crippen LogP contribution is -2.39. The second kappa shape index (κ2) is 7.14. The fraction of sp³-hybridized carbons (Fsp3) is 0.611. The molecule has 0 aliphatic carbocycles. The molecule has 1 aliphatic rings. The molecule has 0 spiro atoms. The molecule has 1 saturated heterocycles. The number of carbonyl (C=O) groups is 1. The standard InChI is InChI=1S/C18H28N2O2/c1-12(2)16-6-5-13(3)9-17(16)22-14(4)18(21)20-8-7-15(10-19)11-20/h5-6,9,12,14-15H,7-8,10-11,19H2,1-4H3/t14-,15+/m1/s1. The van der Waals surface area contributed by atoms with Crippen LogP contribution in [0.4, 0.5) is 0 Å². The van der Waals surface area contributed by atoms with Crippen molar-refractivity contribution >= 4 is 5.91 Å². The zero-order valence-electron chi connectivity index (χ0n) is 14.1. The lowest BCUT2D eigenvalue weighted by Gasteiger charge is -2.23. The number of benzene rings is 1. The van der Waals surface area contributed by atoms with E-state index in [0.29, 0.717) is 18.4 Å². The molecular weight excluding hydrogens is 276 g/mol. The van der Waals surface area contributed by atoms with Crippen LogP contribution >= 0.6 is 0 Å². The van der Waals surface area contributed by atoms with Crippen molar-refractivity contribution in [3.63, 3.8) is 0 Å². The second-order valence-electron chi connectivity index (χ2n) is 6.63. The summed E-state index contributed by atoms with van der Waals surface area (Å²) in [4.78, 5) is 14.4. The highest BCUT2D eigenvalue weighted by atomic mass is 16.5. The van der Waals surface area contributed by atoms with Gasteiger partial charge in [-0.1, -0.05) is 26.0 Å². The summed E-state index contributed by atoms with van der Waals surface area (Å²) in [6.45, 7) is 10.3. The first-order valence-electron chi connectivity index (χ1n) is 8.18. The van der Waals surface area contributed by atoms with Gasteiger partial charge in [-0.2, -0.15) is 0 Å². The molecule has 2 N–H and O–H groups in total. The topological polar surface area (TPSA) is 55.6 Å². The van der Waals surface area contributed by atoms with Crippen LogP contribution in [0.2, 0.25) is 0 Å². The van der Waals surface area contributed by atoms with E-state index in [1.165, 1.54) is 0 Å². The van der Waals surface area contributed by atoms with Crippen LogP contribution in [-0.2, 0) is 4.79 Å². The monoisotopic (exact) mass is 304 g/mol. The van der Waals surface area contributed by atoms with E-state index in [1.807, 2.05) is 24.8 Å². The Morgan fingerprint density at radius 2 is 2.14 bits per heavy atom. The average Bonchev–Trinajstić information content (AvgIpc) is 2.95. The molecule has 1 aliphatic heterocycles. The molecule has 22 heavy (non-hydrogen) atoms. The highest BCUT2D eigenvalue weighted by Gasteiger charge is 2.29. The summed E-state index contributed by atoms with van der Waals surface area (Å²) in [5.41, 5.74) is 7.98. The van der Waals surface area contributed by atoms with Crippen LogP contribution < -0.4 is 10.5 Å². The number of aryl methyl sites for hydroxylation is 1. The zero-order valence-corrected chi connectivity index (χ0v) is 14.1. The van der Waals surface area contributed by atoms with Gasteiger partial charge in [-0.15, -0.1) is 0 Å². The highest BCUT2D eigenvalue weighted by molar-refractivity contribution is 5.81.